The molecule has 0 saturated carbocycles. The first-order chi connectivity index (χ1) is 12.0. The molecule has 0 saturated heterocycles. The van der Waals surface area contributed by atoms with Gasteiger partial charge in [-0.1, -0.05) is 11.6 Å². The average molecular weight is 354 g/mol. The molecule has 25 heavy (non-hydrogen) atoms. The van der Waals surface area contributed by atoms with E-state index >= 15 is 0 Å². The molecule has 126 valence electrons. The predicted octanol–water partition coefficient (Wildman–Crippen LogP) is 2.94. The van der Waals surface area contributed by atoms with Crippen molar-refractivity contribution in [2.45, 2.75) is 18.4 Å². The number of aryl methyl sites for hydroxylation is 1. The van der Waals surface area contributed by atoms with Crippen LogP contribution in [-0.4, -0.2) is 29.7 Å². The zero-order chi connectivity index (χ0) is 18.0. The van der Waals surface area contributed by atoms with Crippen molar-refractivity contribution in [3.8, 4) is 0 Å². The smallest absolute Gasteiger partial charge is 0.265 e. The molecule has 2 aromatic heterocycles. The first-order valence-corrected chi connectivity index (χ1v) is 8.81. The van der Waals surface area contributed by atoms with Crippen molar-refractivity contribution in [1.82, 2.24) is 14.8 Å². The standard InChI is InChI=1S/C16H14N6O2S/c1-11-4-5-13(16-15(11)14(18-3)9-19-16)21-25(23,24)12-8-20-22(10-12)7-6-17-2/h4-5,8-10,19,21H,6-7H2,1H3. The second-order valence-corrected chi connectivity index (χ2v) is 7.07. The highest BCUT2D eigenvalue weighted by Gasteiger charge is 2.19. The Morgan fingerprint density at radius 1 is 1.36 bits per heavy atom. The quantitative estimate of drug-likeness (QED) is 0.691. The molecule has 0 bridgehead atoms. The maximum absolute atomic E-state index is 12.6. The van der Waals surface area contributed by atoms with Crippen LogP contribution in [0.2, 0.25) is 0 Å². The van der Waals surface area contributed by atoms with E-state index < -0.39 is 10.0 Å². The van der Waals surface area contributed by atoms with Crippen molar-refractivity contribution in [3.63, 3.8) is 0 Å². The molecule has 3 aromatic rings. The third-order valence-electron chi connectivity index (χ3n) is 3.75. The molecule has 8 nitrogen and oxygen atoms in total. The molecule has 2 heterocycles. The average Bonchev–Trinajstić information content (AvgIpc) is 3.23. The monoisotopic (exact) mass is 354 g/mol. The fraction of sp³-hybridized carbons (Fsp3) is 0.188. The highest BCUT2D eigenvalue weighted by Crippen LogP contribution is 2.34. The Balaban J connectivity index is 1.97. The van der Waals surface area contributed by atoms with Gasteiger partial charge in [0.05, 0.1) is 24.0 Å². The highest BCUT2D eigenvalue weighted by atomic mass is 32.2. The van der Waals surface area contributed by atoms with Crippen molar-refractivity contribution in [2.24, 2.45) is 0 Å². The topological polar surface area (TPSA) is 88.5 Å². The van der Waals surface area contributed by atoms with Crippen LogP contribution in [0, 0.1) is 20.1 Å². The minimum Gasteiger partial charge on any atom is -0.370 e. The molecule has 0 radical (unpaired) electrons. The summed E-state index contributed by atoms with van der Waals surface area (Å²) in [5.74, 6) is 0. The zero-order valence-corrected chi connectivity index (χ0v) is 14.1. The minimum absolute atomic E-state index is 0.0168. The van der Waals surface area contributed by atoms with E-state index in [1.54, 1.807) is 18.3 Å². The zero-order valence-electron chi connectivity index (χ0n) is 13.3. The van der Waals surface area contributed by atoms with Crippen molar-refractivity contribution in [3.05, 3.63) is 59.1 Å². The van der Waals surface area contributed by atoms with Crippen LogP contribution in [-0.2, 0) is 16.6 Å². The molecule has 0 unspecified atom stereocenters. The van der Waals surface area contributed by atoms with E-state index in [4.69, 9.17) is 13.1 Å². The summed E-state index contributed by atoms with van der Waals surface area (Å²) in [6.45, 7) is 16.4. The van der Waals surface area contributed by atoms with E-state index in [2.05, 4.69) is 24.5 Å². The molecule has 0 atom stereocenters. The summed E-state index contributed by atoms with van der Waals surface area (Å²) in [7, 11) is -3.83. The Morgan fingerprint density at radius 3 is 2.88 bits per heavy atom. The van der Waals surface area contributed by atoms with Crippen LogP contribution in [0.5, 0.6) is 0 Å². The van der Waals surface area contributed by atoms with E-state index in [1.807, 2.05) is 6.92 Å². The number of hydrogen-bond donors (Lipinski definition) is 2. The summed E-state index contributed by atoms with van der Waals surface area (Å²) in [4.78, 5) is 9.65. The van der Waals surface area contributed by atoms with Gasteiger partial charge >= 0.3 is 0 Å². The lowest BCUT2D eigenvalue weighted by Crippen LogP contribution is -2.13. The molecule has 0 spiro atoms. The largest absolute Gasteiger partial charge is 0.370 e. The molecule has 3 rings (SSSR count). The molecule has 0 aliphatic rings. The summed E-state index contributed by atoms with van der Waals surface area (Å²) in [5.41, 5.74) is 2.26. The number of rotatable bonds is 5. The third kappa shape index (κ3) is 3.05. The Morgan fingerprint density at radius 2 is 2.16 bits per heavy atom. The van der Waals surface area contributed by atoms with Gasteiger partial charge in [0.15, 0.2) is 0 Å². The molecule has 0 aliphatic carbocycles. The number of sulfonamides is 1. The van der Waals surface area contributed by atoms with Gasteiger partial charge in [-0.15, -0.1) is 0 Å². The molecule has 2 N–H and O–H groups in total. The predicted molar refractivity (Wildman–Crippen MR) is 93.8 cm³/mol. The van der Waals surface area contributed by atoms with Gasteiger partial charge in [0.2, 0.25) is 12.2 Å². The summed E-state index contributed by atoms with van der Waals surface area (Å²) < 4.78 is 29.1. The van der Waals surface area contributed by atoms with Crippen LogP contribution in [0.3, 0.4) is 0 Å². The molecular weight excluding hydrogens is 340 g/mol. The van der Waals surface area contributed by atoms with Crippen LogP contribution in [0.1, 0.15) is 5.56 Å². The fourth-order valence-corrected chi connectivity index (χ4v) is 3.56. The Kier molecular flexibility index (Phi) is 4.17. The number of H-pyrrole nitrogens is 1. The molecule has 0 aliphatic heterocycles. The third-order valence-corrected chi connectivity index (χ3v) is 5.07. The second-order valence-electron chi connectivity index (χ2n) is 5.39. The van der Waals surface area contributed by atoms with Gasteiger partial charge in [0.25, 0.3) is 10.0 Å². The number of nitrogens with one attached hydrogen (secondary N) is 2. The number of aromatic amines is 1. The van der Waals surface area contributed by atoms with Gasteiger partial charge in [0, 0.05) is 17.8 Å². The second kappa shape index (κ2) is 6.30. The highest BCUT2D eigenvalue weighted by molar-refractivity contribution is 7.92. The van der Waals surface area contributed by atoms with E-state index in [-0.39, 0.29) is 11.4 Å². The van der Waals surface area contributed by atoms with Crippen LogP contribution < -0.4 is 4.72 Å². The summed E-state index contributed by atoms with van der Waals surface area (Å²) >= 11 is 0. The summed E-state index contributed by atoms with van der Waals surface area (Å²) in [5, 5.41) is 4.66. The maximum Gasteiger partial charge on any atom is 0.265 e. The summed E-state index contributed by atoms with van der Waals surface area (Å²) in [6.07, 6.45) is 4.19. The van der Waals surface area contributed by atoms with Gasteiger partial charge in [-0.3, -0.25) is 9.40 Å². The number of nitrogens with zero attached hydrogens (tertiary/aromatic N) is 4. The van der Waals surface area contributed by atoms with Gasteiger partial charge in [-0.05, 0) is 13.0 Å². The molecule has 9 heteroatoms. The SMILES string of the molecule is [C-]#[N+]CCn1cc(S(=O)(=O)Nc2ccc(C)c3c([N+]#[C-])c[nH]c23)cn1. The van der Waals surface area contributed by atoms with Crippen molar-refractivity contribution < 1.29 is 8.42 Å². The van der Waals surface area contributed by atoms with E-state index in [9.17, 15) is 8.42 Å². The van der Waals surface area contributed by atoms with Crippen LogP contribution >= 0.6 is 0 Å². The van der Waals surface area contributed by atoms with Crippen LogP contribution in [0.15, 0.2) is 35.6 Å². The van der Waals surface area contributed by atoms with Gasteiger partial charge in [0.1, 0.15) is 11.4 Å². The van der Waals surface area contributed by atoms with Crippen molar-refractivity contribution in [2.75, 3.05) is 11.3 Å². The number of anilines is 1. The van der Waals surface area contributed by atoms with Crippen molar-refractivity contribution >= 4 is 32.3 Å². The lowest BCUT2D eigenvalue weighted by atomic mass is 10.1. The van der Waals surface area contributed by atoms with Gasteiger partial charge < -0.3 is 9.83 Å². The maximum atomic E-state index is 12.6. The normalized spacial score (nSPS) is 11.2. The first-order valence-electron chi connectivity index (χ1n) is 7.33. The fourth-order valence-electron chi connectivity index (χ4n) is 2.53. The van der Waals surface area contributed by atoms with Crippen molar-refractivity contribution in [1.29, 1.82) is 0 Å². The Hall–Kier alpha value is -3.30. The van der Waals surface area contributed by atoms with Crippen LogP contribution in [0.4, 0.5) is 11.4 Å². The number of fused-ring (bicyclic) bond motifs is 1. The number of benzene rings is 1. The van der Waals surface area contributed by atoms with Gasteiger partial charge in [-0.2, -0.15) is 5.10 Å². The van der Waals surface area contributed by atoms with E-state index in [0.717, 1.165) is 5.56 Å². The first kappa shape index (κ1) is 16.6. The number of aromatic nitrogens is 3. The van der Waals surface area contributed by atoms with Gasteiger partial charge in [-0.25, -0.2) is 19.8 Å². The lowest BCUT2D eigenvalue weighted by molar-refractivity contribution is 0.600. The Labute approximate surface area is 144 Å². The Bertz CT molecular complexity index is 1130. The summed E-state index contributed by atoms with van der Waals surface area (Å²) in [6, 6.07) is 3.42. The molecule has 0 amide bonds. The number of hydrogen-bond acceptors (Lipinski definition) is 3. The molecule has 0 fully saturated rings. The van der Waals surface area contributed by atoms with E-state index in [0.29, 0.717) is 28.8 Å². The molecular formula is C16H14N6O2S. The van der Waals surface area contributed by atoms with Crippen LogP contribution in [0.25, 0.3) is 20.6 Å². The molecule has 1 aromatic carbocycles. The lowest BCUT2D eigenvalue weighted by Gasteiger charge is -2.09. The minimum atomic E-state index is -3.83. The van der Waals surface area contributed by atoms with E-state index in [1.165, 1.54) is 17.1 Å².